The van der Waals surface area contributed by atoms with Gasteiger partial charge in [0.05, 0.1) is 16.9 Å². The van der Waals surface area contributed by atoms with E-state index >= 15 is 0 Å². The summed E-state index contributed by atoms with van der Waals surface area (Å²) in [5, 5.41) is 3.14. The fourth-order valence-electron chi connectivity index (χ4n) is 2.24. The van der Waals surface area contributed by atoms with E-state index in [4.69, 9.17) is 16.3 Å². The Bertz CT molecular complexity index is 878. The number of anilines is 1. The van der Waals surface area contributed by atoms with Crippen LogP contribution in [-0.2, 0) is 15.6 Å². The molecule has 1 amide bonds. The highest BCUT2D eigenvalue weighted by atomic mass is 35.5. The predicted molar refractivity (Wildman–Crippen MR) is 100 cm³/mol. The summed E-state index contributed by atoms with van der Waals surface area (Å²) in [6, 6.07) is 11.5. The van der Waals surface area contributed by atoms with Crippen molar-refractivity contribution in [2.24, 2.45) is 0 Å². The molecule has 0 aromatic heterocycles. The van der Waals surface area contributed by atoms with E-state index in [0.29, 0.717) is 27.6 Å². The molecule has 0 aliphatic carbocycles. The number of ether oxygens (including phenoxy) is 1. The normalized spacial score (nSPS) is 11.4. The topological polar surface area (TPSA) is 72.5 Å². The van der Waals surface area contributed by atoms with Gasteiger partial charge in [0.15, 0.2) is 9.84 Å². The third kappa shape index (κ3) is 6.07. The van der Waals surface area contributed by atoms with E-state index in [0.717, 1.165) is 6.26 Å². The van der Waals surface area contributed by atoms with Gasteiger partial charge in [-0.1, -0.05) is 23.7 Å². The highest BCUT2D eigenvalue weighted by Crippen LogP contribution is 2.28. The first-order valence-electron chi connectivity index (χ1n) is 7.68. The summed E-state index contributed by atoms with van der Waals surface area (Å²) >= 11 is 6.16. The first-order valence-corrected chi connectivity index (χ1v) is 10.1. The van der Waals surface area contributed by atoms with E-state index in [1.807, 2.05) is 13.8 Å². The first-order chi connectivity index (χ1) is 11.6. The van der Waals surface area contributed by atoms with Crippen molar-refractivity contribution in [1.82, 2.24) is 0 Å². The lowest BCUT2D eigenvalue weighted by Crippen LogP contribution is -2.13. The molecule has 0 saturated carbocycles. The predicted octanol–water partition coefficient (Wildman–Crippen LogP) is 3.92. The van der Waals surface area contributed by atoms with E-state index in [9.17, 15) is 13.2 Å². The number of benzene rings is 2. The van der Waals surface area contributed by atoms with Crippen molar-refractivity contribution in [3.63, 3.8) is 0 Å². The van der Waals surface area contributed by atoms with Gasteiger partial charge in [-0.05, 0) is 49.7 Å². The van der Waals surface area contributed by atoms with Gasteiger partial charge in [-0.25, -0.2) is 8.42 Å². The summed E-state index contributed by atoms with van der Waals surface area (Å²) in [6.07, 6.45) is 1.15. The minimum absolute atomic E-state index is 0.00414. The van der Waals surface area contributed by atoms with Crippen LogP contribution in [0.1, 0.15) is 29.8 Å². The smallest absolute Gasteiger partial charge is 0.255 e. The van der Waals surface area contributed by atoms with E-state index in [2.05, 4.69) is 5.32 Å². The summed E-state index contributed by atoms with van der Waals surface area (Å²) in [5.41, 5.74) is 1.47. The van der Waals surface area contributed by atoms with E-state index < -0.39 is 9.84 Å². The molecule has 2 rings (SSSR count). The van der Waals surface area contributed by atoms with Crippen LogP contribution in [0, 0.1) is 0 Å². The van der Waals surface area contributed by atoms with Gasteiger partial charge in [0, 0.05) is 17.5 Å². The number of hydrogen-bond donors (Lipinski definition) is 1. The van der Waals surface area contributed by atoms with Crippen LogP contribution in [0.5, 0.6) is 5.75 Å². The number of carbonyl (C=O) groups is 1. The second kappa shape index (κ2) is 7.89. The van der Waals surface area contributed by atoms with Crippen molar-refractivity contribution in [2.75, 3.05) is 11.6 Å². The number of halogens is 1. The minimum atomic E-state index is -3.16. The van der Waals surface area contributed by atoms with Gasteiger partial charge in [-0.15, -0.1) is 0 Å². The van der Waals surface area contributed by atoms with Gasteiger partial charge < -0.3 is 10.1 Å². The Morgan fingerprint density at radius 3 is 2.52 bits per heavy atom. The summed E-state index contributed by atoms with van der Waals surface area (Å²) in [6.45, 7) is 3.80. The molecule has 0 saturated heterocycles. The first kappa shape index (κ1) is 19.3. The zero-order valence-electron chi connectivity index (χ0n) is 14.2. The minimum Gasteiger partial charge on any atom is -0.489 e. The van der Waals surface area contributed by atoms with Crippen LogP contribution >= 0.6 is 11.6 Å². The van der Waals surface area contributed by atoms with Crippen LogP contribution in [0.15, 0.2) is 42.5 Å². The Morgan fingerprint density at radius 2 is 1.92 bits per heavy atom. The van der Waals surface area contributed by atoms with Gasteiger partial charge in [-0.3, -0.25) is 4.79 Å². The number of hydrogen-bond acceptors (Lipinski definition) is 4. The Hall–Kier alpha value is -2.05. The standard InChI is InChI=1S/C18H20ClNO4S/c1-12(2)24-17-8-7-15(10-16(17)19)20-18(21)14-6-4-5-13(9-14)11-25(3,22)23/h4-10,12H,11H2,1-3H3,(H,20,21). The Kier molecular flexibility index (Phi) is 6.08. The van der Waals surface area contributed by atoms with Crippen LogP contribution in [0.2, 0.25) is 5.02 Å². The molecule has 5 nitrogen and oxygen atoms in total. The van der Waals surface area contributed by atoms with E-state index in [-0.39, 0.29) is 17.8 Å². The summed E-state index contributed by atoms with van der Waals surface area (Å²) in [4.78, 5) is 12.4. The highest BCUT2D eigenvalue weighted by Gasteiger charge is 2.11. The molecule has 2 aromatic carbocycles. The molecule has 0 aliphatic rings. The lowest BCUT2D eigenvalue weighted by molar-refractivity contribution is 0.102. The fourth-order valence-corrected chi connectivity index (χ4v) is 3.25. The molecule has 0 atom stereocenters. The molecule has 0 fully saturated rings. The van der Waals surface area contributed by atoms with Crippen LogP contribution in [-0.4, -0.2) is 26.7 Å². The number of sulfone groups is 1. The molecular weight excluding hydrogens is 362 g/mol. The second-order valence-electron chi connectivity index (χ2n) is 6.04. The third-order valence-electron chi connectivity index (χ3n) is 3.17. The Balaban J connectivity index is 2.14. The molecule has 25 heavy (non-hydrogen) atoms. The third-order valence-corrected chi connectivity index (χ3v) is 4.32. The highest BCUT2D eigenvalue weighted by molar-refractivity contribution is 7.89. The molecule has 0 bridgehead atoms. The second-order valence-corrected chi connectivity index (χ2v) is 8.58. The maximum absolute atomic E-state index is 12.4. The van der Waals surface area contributed by atoms with Crippen molar-refractivity contribution >= 4 is 33.0 Å². The van der Waals surface area contributed by atoms with Crippen molar-refractivity contribution in [1.29, 1.82) is 0 Å². The fraction of sp³-hybridized carbons (Fsp3) is 0.278. The van der Waals surface area contributed by atoms with Gasteiger partial charge in [0.1, 0.15) is 5.75 Å². The molecule has 0 spiro atoms. The van der Waals surface area contributed by atoms with Gasteiger partial charge in [0.2, 0.25) is 0 Å². The molecule has 0 aliphatic heterocycles. The number of carbonyl (C=O) groups excluding carboxylic acids is 1. The molecule has 1 N–H and O–H groups in total. The Labute approximate surface area is 152 Å². The summed E-state index contributed by atoms with van der Waals surface area (Å²) in [7, 11) is -3.16. The Morgan fingerprint density at radius 1 is 1.20 bits per heavy atom. The monoisotopic (exact) mass is 381 g/mol. The van der Waals surface area contributed by atoms with Crippen LogP contribution in [0.25, 0.3) is 0 Å². The van der Waals surface area contributed by atoms with Gasteiger partial charge in [0.25, 0.3) is 5.91 Å². The average molecular weight is 382 g/mol. The van der Waals surface area contributed by atoms with Crippen LogP contribution in [0.4, 0.5) is 5.69 Å². The molecular formula is C18H20ClNO4S. The van der Waals surface area contributed by atoms with E-state index in [1.54, 1.807) is 42.5 Å². The van der Waals surface area contributed by atoms with Crippen LogP contribution < -0.4 is 10.1 Å². The number of nitrogens with one attached hydrogen (secondary N) is 1. The van der Waals surface area contributed by atoms with E-state index in [1.165, 1.54) is 0 Å². The number of rotatable bonds is 6. The molecule has 7 heteroatoms. The van der Waals surface area contributed by atoms with Crippen molar-refractivity contribution in [3.8, 4) is 5.75 Å². The van der Waals surface area contributed by atoms with Crippen molar-refractivity contribution in [3.05, 3.63) is 58.6 Å². The maximum atomic E-state index is 12.4. The molecule has 0 unspecified atom stereocenters. The summed E-state index contributed by atoms with van der Waals surface area (Å²) < 4.78 is 28.3. The van der Waals surface area contributed by atoms with Crippen molar-refractivity contribution in [2.45, 2.75) is 25.7 Å². The maximum Gasteiger partial charge on any atom is 0.255 e. The SMILES string of the molecule is CC(C)Oc1ccc(NC(=O)c2cccc(CS(C)(=O)=O)c2)cc1Cl. The lowest BCUT2D eigenvalue weighted by atomic mass is 10.1. The largest absolute Gasteiger partial charge is 0.489 e. The molecule has 0 radical (unpaired) electrons. The summed E-state index contributed by atoms with van der Waals surface area (Å²) in [5.74, 6) is 0.0926. The lowest BCUT2D eigenvalue weighted by Gasteiger charge is -2.13. The van der Waals surface area contributed by atoms with Crippen LogP contribution in [0.3, 0.4) is 0 Å². The van der Waals surface area contributed by atoms with Gasteiger partial charge >= 0.3 is 0 Å². The zero-order chi connectivity index (χ0) is 18.6. The quantitative estimate of drug-likeness (QED) is 0.822. The number of amides is 1. The molecule has 134 valence electrons. The zero-order valence-corrected chi connectivity index (χ0v) is 15.8. The molecule has 2 aromatic rings. The van der Waals surface area contributed by atoms with Crippen molar-refractivity contribution < 1.29 is 17.9 Å². The molecule has 0 heterocycles. The van der Waals surface area contributed by atoms with Gasteiger partial charge in [-0.2, -0.15) is 0 Å². The average Bonchev–Trinajstić information content (AvgIpc) is 2.48.